The third-order valence-corrected chi connectivity index (χ3v) is 5.89. The summed E-state index contributed by atoms with van der Waals surface area (Å²) >= 11 is 0. The molecule has 0 spiro atoms. The summed E-state index contributed by atoms with van der Waals surface area (Å²) in [4.78, 5) is 14.1. The number of amides is 1. The van der Waals surface area contributed by atoms with Gasteiger partial charge in [0.1, 0.15) is 28.7 Å². The highest BCUT2D eigenvalue weighted by molar-refractivity contribution is 6.15. The summed E-state index contributed by atoms with van der Waals surface area (Å²) in [5.41, 5.74) is 0.169. The third kappa shape index (κ3) is 3.65. The van der Waals surface area contributed by atoms with Gasteiger partial charge in [0, 0.05) is 20.1 Å². The van der Waals surface area contributed by atoms with Crippen LogP contribution in [0.15, 0.2) is 34.8 Å². The maximum absolute atomic E-state index is 14.4. The Morgan fingerprint density at radius 2 is 1.93 bits per heavy atom. The average Bonchev–Trinajstić information content (AvgIpc) is 2.64. The van der Waals surface area contributed by atoms with Crippen LogP contribution >= 0.6 is 0 Å². The van der Waals surface area contributed by atoms with E-state index in [9.17, 15) is 9.18 Å². The molecule has 3 rings (SSSR count). The molecule has 0 N–H and O–H groups in total. The zero-order valence-corrected chi connectivity index (χ0v) is 18.3. The summed E-state index contributed by atoms with van der Waals surface area (Å²) in [5.74, 6) is -0.305. The Morgan fingerprint density at radius 1 is 1.31 bits per heavy atom. The van der Waals surface area contributed by atoms with Crippen LogP contribution < -0.4 is 0 Å². The minimum atomic E-state index is -0.607. The van der Waals surface area contributed by atoms with Gasteiger partial charge < -0.3 is 9.64 Å². The molecule has 0 aromatic rings. The Labute approximate surface area is 172 Å². The van der Waals surface area contributed by atoms with Gasteiger partial charge in [-0.1, -0.05) is 6.58 Å². The van der Waals surface area contributed by atoms with Gasteiger partial charge >= 0.3 is 6.09 Å². The molecule has 8 heteroatoms. The van der Waals surface area contributed by atoms with Crippen molar-refractivity contribution in [3.63, 3.8) is 0 Å². The Morgan fingerprint density at radius 3 is 2.41 bits per heavy atom. The number of rotatable bonds is 4. The predicted octanol–water partition coefficient (Wildman–Crippen LogP) is 3.55. The largest absolute Gasteiger partial charge is 0.444 e. The maximum atomic E-state index is 14.4. The fourth-order valence-corrected chi connectivity index (χ4v) is 4.15. The lowest BCUT2D eigenvalue weighted by molar-refractivity contribution is -0.00515. The topological polar surface area (TPSA) is 60.7 Å². The van der Waals surface area contributed by atoms with Gasteiger partial charge in [-0.2, -0.15) is 10.2 Å². The molecular weight excluding hydrogens is 373 g/mol. The van der Waals surface area contributed by atoms with Gasteiger partial charge in [0.25, 0.3) is 0 Å². The van der Waals surface area contributed by atoms with Crippen LogP contribution in [0, 0.1) is 0 Å². The Balaban J connectivity index is 1.71. The fourth-order valence-electron chi connectivity index (χ4n) is 4.15. The first-order chi connectivity index (χ1) is 13.5. The molecule has 3 aliphatic rings. The molecule has 1 unspecified atom stereocenters. The molecule has 0 radical (unpaired) electrons. The number of likely N-dealkylation sites (tertiary alicyclic amines) is 1. The van der Waals surface area contributed by atoms with Gasteiger partial charge in [-0.3, -0.25) is 10.0 Å². The maximum Gasteiger partial charge on any atom is 0.410 e. The number of hydrazone groups is 2. The van der Waals surface area contributed by atoms with Gasteiger partial charge in [0.2, 0.25) is 0 Å². The van der Waals surface area contributed by atoms with Crippen LogP contribution in [-0.2, 0) is 4.74 Å². The van der Waals surface area contributed by atoms with E-state index >= 15 is 0 Å². The van der Waals surface area contributed by atoms with Crippen molar-refractivity contribution in [3.05, 3.63) is 24.6 Å². The van der Waals surface area contributed by atoms with Crippen molar-refractivity contribution >= 4 is 17.5 Å². The van der Waals surface area contributed by atoms with Gasteiger partial charge in [-0.15, -0.1) is 0 Å². The number of hydrogen-bond donors (Lipinski definition) is 0. The van der Waals surface area contributed by atoms with Crippen molar-refractivity contribution in [2.45, 2.75) is 70.7 Å². The summed E-state index contributed by atoms with van der Waals surface area (Å²) < 4.78 is 19.9. The molecule has 3 aliphatic heterocycles. The number of hydrogen-bond acceptors (Lipinski definition) is 6. The minimum absolute atomic E-state index is 0.124. The van der Waals surface area contributed by atoms with E-state index in [-0.39, 0.29) is 24.0 Å². The first-order valence-electron chi connectivity index (χ1n) is 10.1. The van der Waals surface area contributed by atoms with Crippen LogP contribution in [0.25, 0.3) is 0 Å². The normalized spacial score (nSPS) is 28.3. The molecule has 0 saturated carbocycles. The molecule has 3 heterocycles. The molecule has 0 aliphatic carbocycles. The first-order valence-corrected chi connectivity index (χ1v) is 10.1. The summed E-state index contributed by atoms with van der Waals surface area (Å²) in [6, 6.07) is 0.0457. The van der Waals surface area contributed by atoms with Crippen LogP contribution in [0.3, 0.4) is 0 Å². The average molecular weight is 406 g/mol. The van der Waals surface area contributed by atoms with Gasteiger partial charge in [0.05, 0.1) is 11.8 Å². The van der Waals surface area contributed by atoms with Gasteiger partial charge in [-0.05, 0) is 59.6 Å². The number of allylic oxidation sites excluding steroid dienone is 1. The van der Waals surface area contributed by atoms with E-state index in [0.717, 1.165) is 18.6 Å². The van der Waals surface area contributed by atoms with Gasteiger partial charge in [-0.25, -0.2) is 9.18 Å². The highest BCUT2D eigenvalue weighted by Crippen LogP contribution is 2.41. The van der Waals surface area contributed by atoms with Crippen molar-refractivity contribution in [1.29, 1.82) is 0 Å². The molecule has 160 valence electrons. The van der Waals surface area contributed by atoms with E-state index < -0.39 is 11.1 Å². The summed E-state index contributed by atoms with van der Waals surface area (Å²) in [7, 11) is 1.86. The number of ether oxygens (including phenoxy) is 1. The molecule has 0 bridgehead atoms. The standard InChI is InChI=1S/C21H32FN5O2/c1-8-15(22)17-21(6,25(7)24-17)18-16(9-2)23-27(18)14-10-12-26(13-11-14)19(28)29-20(3,4)5/h8-9,14,18H,2,10-13H2,1,3-7H3/b15-8+/t18-,21?/m1/s1. The molecule has 1 amide bonds. The zero-order chi connectivity index (χ0) is 21.6. The highest BCUT2D eigenvalue weighted by atomic mass is 19.1. The lowest BCUT2D eigenvalue weighted by Crippen LogP contribution is -2.74. The lowest BCUT2D eigenvalue weighted by Gasteiger charge is -2.57. The van der Waals surface area contributed by atoms with Crippen LogP contribution in [0.5, 0.6) is 0 Å². The fraction of sp³-hybridized carbons (Fsp3) is 0.667. The molecule has 7 nitrogen and oxygen atoms in total. The number of likely N-dealkylation sites (N-methyl/N-ethyl adjacent to an activating group) is 1. The van der Waals surface area contributed by atoms with E-state index in [1.165, 1.54) is 6.08 Å². The van der Waals surface area contributed by atoms with Crippen LogP contribution in [0.2, 0.25) is 0 Å². The second-order valence-electron chi connectivity index (χ2n) is 8.97. The SMILES string of the molecule is C=CC1=NN(C2CCN(C(=O)OC(C)(C)C)CC2)[C@H]1C1(C)C(/C(F)=C\C)=NN1C. The molecule has 2 atom stereocenters. The van der Waals surface area contributed by atoms with E-state index in [1.807, 2.05) is 34.7 Å². The molecular formula is C21H32FN5O2. The molecule has 0 aromatic heterocycles. The van der Waals surface area contributed by atoms with Crippen molar-refractivity contribution in [3.8, 4) is 0 Å². The third-order valence-electron chi connectivity index (χ3n) is 5.89. The smallest absolute Gasteiger partial charge is 0.410 e. The van der Waals surface area contributed by atoms with Crippen molar-refractivity contribution in [2.24, 2.45) is 10.2 Å². The van der Waals surface area contributed by atoms with Crippen LogP contribution in [0.1, 0.15) is 47.5 Å². The molecule has 1 saturated heterocycles. The quantitative estimate of drug-likeness (QED) is 0.718. The summed E-state index contributed by atoms with van der Waals surface area (Å²) in [6.07, 6.45) is 4.46. The molecule has 29 heavy (non-hydrogen) atoms. The van der Waals surface area contributed by atoms with E-state index in [4.69, 9.17) is 4.74 Å². The second kappa shape index (κ2) is 7.46. The highest BCUT2D eigenvalue weighted by Gasteiger charge is 2.58. The van der Waals surface area contributed by atoms with Crippen molar-refractivity contribution in [2.75, 3.05) is 20.1 Å². The summed E-state index contributed by atoms with van der Waals surface area (Å²) in [6.45, 7) is 14.4. The summed E-state index contributed by atoms with van der Waals surface area (Å²) in [5, 5.41) is 12.8. The van der Waals surface area contributed by atoms with Gasteiger partial charge in [0.15, 0.2) is 0 Å². The lowest BCUT2D eigenvalue weighted by atomic mass is 9.77. The Hall–Kier alpha value is -2.38. The number of carbonyl (C=O) groups is 1. The van der Waals surface area contributed by atoms with Crippen LogP contribution in [-0.4, -0.2) is 75.8 Å². The number of nitrogens with zero attached hydrogens (tertiary/aromatic N) is 5. The van der Waals surface area contributed by atoms with Crippen molar-refractivity contribution < 1.29 is 13.9 Å². The predicted molar refractivity (Wildman–Crippen MR) is 113 cm³/mol. The number of carbonyl (C=O) groups excluding carboxylic acids is 1. The minimum Gasteiger partial charge on any atom is -0.444 e. The van der Waals surface area contributed by atoms with Crippen molar-refractivity contribution in [1.82, 2.24) is 14.9 Å². The van der Waals surface area contributed by atoms with E-state index in [0.29, 0.717) is 18.8 Å². The van der Waals surface area contributed by atoms with Crippen LogP contribution in [0.4, 0.5) is 9.18 Å². The monoisotopic (exact) mass is 405 g/mol. The number of halogens is 1. The zero-order valence-electron chi connectivity index (χ0n) is 18.3. The molecule has 0 aromatic carbocycles. The second-order valence-corrected chi connectivity index (χ2v) is 8.97. The Kier molecular flexibility index (Phi) is 5.49. The number of piperidine rings is 1. The Bertz CT molecular complexity index is 776. The van der Waals surface area contributed by atoms with E-state index in [1.54, 1.807) is 22.9 Å². The first kappa shape index (κ1) is 21.3. The molecule has 1 fully saturated rings. The van der Waals surface area contributed by atoms with E-state index in [2.05, 4.69) is 21.8 Å².